The molecule has 0 fully saturated rings. The molecule has 2 aromatic heterocycles. The van der Waals surface area contributed by atoms with Crippen LogP contribution in [0.15, 0.2) is 16.5 Å². The average molecular weight is 280 g/mol. The highest BCUT2D eigenvalue weighted by Crippen LogP contribution is 2.18. The van der Waals surface area contributed by atoms with Crippen molar-refractivity contribution in [1.82, 2.24) is 15.5 Å². The number of anilines is 1. The SMILES string of the molecule is CCCNCc1nnc(NCc2ccc(CC)s2)o1. The van der Waals surface area contributed by atoms with Gasteiger partial charge >= 0.3 is 6.01 Å². The number of hydrogen-bond donors (Lipinski definition) is 2. The zero-order valence-electron chi connectivity index (χ0n) is 11.4. The second kappa shape index (κ2) is 7.25. The van der Waals surface area contributed by atoms with Crippen LogP contribution in [-0.2, 0) is 19.5 Å². The number of hydrogen-bond acceptors (Lipinski definition) is 6. The minimum absolute atomic E-state index is 0.486. The third-order valence-corrected chi connectivity index (χ3v) is 3.88. The third kappa shape index (κ3) is 4.33. The molecule has 0 spiro atoms. The van der Waals surface area contributed by atoms with Crippen LogP contribution in [0.25, 0.3) is 0 Å². The Kier molecular flexibility index (Phi) is 5.35. The molecule has 2 N–H and O–H groups in total. The Balaban J connectivity index is 1.79. The Morgan fingerprint density at radius 2 is 2.00 bits per heavy atom. The molecule has 0 aliphatic carbocycles. The maximum absolute atomic E-state index is 5.49. The second-order valence-electron chi connectivity index (χ2n) is 4.25. The van der Waals surface area contributed by atoms with E-state index in [-0.39, 0.29) is 0 Å². The van der Waals surface area contributed by atoms with E-state index in [0.717, 1.165) is 25.9 Å². The molecular weight excluding hydrogens is 260 g/mol. The third-order valence-electron chi connectivity index (χ3n) is 2.65. The molecule has 0 amide bonds. The van der Waals surface area contributed by atoms with E-state index in [1.807, 2.05) is 11.3 Å². The minimum atomic E-state index is 0.486. The van der Waals surface area contributed by atoms with Gasteiger partial charge in [-0.15, -0.1) is 16.4 Å². The van der Waals surface area contributed by atoms with Gasteiger partial charge in [0, 0.05) is 9.75 Å². The predicted molar refractivity (Wildman–Crippen MR) is 77.3 cm³/mol. The lowest BCUT2D eigenvalue weighted by Crippen LogP contribution is -2.13. The molecule has 0 saturated carbocycles. The number of thiophene rings is 1. The molecule has 2 heterocycles. The van der Waals surface area contributed by atoms with E-state index in [9.17, 15) is 0 Å². The summed E-state index contributed by atoms with van der Waals surface area (Å²) in [5, 5.41) is 14.3. The number of nitrogens with zero attached hydrogens (tertiary/aromatic N) is 2. The van der Waals surface area contributed by atoms with E-state index in [0.29, 0.717) is 18.5 Å². The van der Waals surface area contributed by atoms with Gasteiger partial charge in [0.2, 0.25) is 5.89 Å². The van der Waals surface area contributed by atoms with Gasteiger partial charge in [0.15, 0.2) is 0 Å². The summed E-state index contributed by atoms with van der Waals surface area (Å²) in [5.41, 5.74) is 0. The lowest BCUT2D eigenvalue weighted by atomic mass is 10.4. The van der Waals surface area contributed by atoms with E-state index in [1.54, 1.807) is 0 Å². The van der Waals surface area contributed by atoms with Crippen LogP contribution in [0.2, 0.25) is 0 Å². The van der Waals surface area contributed by atoms with E-state index in [4.69, 9.17) is 4.42 Å². The Bertz CT molecular complexity index is 494. The lowest BCUT2D eigenvalue weighted by Gasteiger charge is -1.98. The first kappa shape index (κ1) is 14.0. The van der Waals surface area contributed by atoms with Crippen LogP contribution in [-0.4, -0.2) is 16.7 Å². The van der Waals surface area contributed by atoms with Crippen LogP contribution in [0.3, 0.4) is 0 Å². The van der Waals surface area contributed by atoms with Crippen molar-refractivity contribution in [3.05, 3.63) is 27.8 Å². The van der Waals surface area contributed by atoms with Gasteiger partial charge in [-0.25, -0.2) is 0 Å². The molecule has 5 nitrogen and oxygen atoms in total. The van der Waals surface area contributed by atoms with E-state index < -0.39 is 0 Å². The molecule has 0 radical (unpaired) electrons. The van der Waals surface area contributed by atoms with E-state index in [2.05, 4.69) is 46.8 Å². The molecular formula is C13H20N4OS. The highest BCUT2D eigenvalue weighted by Gasteiger charge is 2.05. The van der Waals surface area contributed by atoms with Gasteiger partial charge in [-0.1, -0.05) is 18.9 Å². The maximum Gasteiger partial charge on any atom is 0.315 e. The van der Waals surface area contributed by atoms with Crippen LogP contribution in [0, 0.1) is 0 Å². The number of aromatic nitrogens is 2. The average Bonchev–Trinajstić information content (AvgIpc) is 3.05. The molecule has 2 rings (SSSR count). The van der Waals surface area contributed by atoms with Crippen molar-refractivity contribution in [3.8, 4) is 0 Å². The van der Waals surface area contributed by atoms with Crippen molar-refractivity contribution in [1.29, 1.82) is 0 Å². The van der Waals surface area contributed by atoms with Crippen molar-refractivity contribution in [3.63, 3.8) is 0 Å². The van der Waals surface area contributed by atoms with Crippen molar-refractivity contribution in [2.45, 2.75) is 39.8 Å². The number of nitrogens with one attached hydrogen (secondary N) is 2. The Labute approximate surface area is 117 Å². The van der Waals surface area contributed by atoms with Gasteiger partial charge in [0.1, 0.15) is 0 Å². The molecule has 6 heteroatoms. The highest BCUT2D eigenvalue weighted by molar-refractivity contribution is 7.12. The van der Waals surface area contributed by atoms with Crippen molar-refractivity contribution in [2.24, 2.45) is 0 Å². The van der Waals surface area contributed by atoms with Gasteiger partial charge in [0.05, 0.1) is 13.1 Å². The van der Waals surface area contributed by atoms with Crippen LogP contribution in [0.1, 0.15) is 35.9 Å². The van der Waals surface area contributed by atoms with Crippen LogP contribution in [0.5, 0.6) is 0 Å². The summed E-state index contributed by atoms with van der Waals surface area (Å²) in [6.45, 7) is 6.60. The first-order valence-electron chi connectivity index (χ1n) is 6.66. The molecule has 0 unspecified atom stereocenters. The first-order valence-corrected chi connectivity index (χ1v) is 7.48. The van der Waals surface area contributed by atoms with Crippen LogP contribution >= 0.6 is 11.3 Å². The van der Waals surface area contributed by atoms with Crippen LogP contribution in [0.4, 0.5) is 6.01 Å². The quantitative estimate of drug-likeness (QED) is 0.728. The molecule has 0 atom stereocenters. The summed E-state index contributed by atoms with van der Waals surface area (Å²) in [7, 11) is 0. The second-order valence-corrected chi connectivity index (χ2v) is 5.51. The zero-order valence-corrected chi connectivity index (χ0v) is 12.2. The summed E-state index contributed by atoms with van der Waals surface area (Å²) in [4.78, 5) is 2.67. The fourth-order valence-electron chi connectivity index (χ4n) is 1.64. The van der Waals surface area contributed by atoms with Gasteiger partial charge < -0.3 is 15.1 Å². The molecule has 0 bridgehead atoms. The predicted octanol–water partition coefficient (Wildman–Crippen LogP) is 2.81. The van der Waals surface area contributed by atoms with Crippen LogP contribution < -0.4 is 10.6 Å². The molecule has 19 heavy (non-hydrogen) atoms. The normalized spacial score (nSPS) is 10.8. The Morgan fingerprint density at radius 3 is 2.74 bits per heavy atom. The summed E-state index contributed by atoms with van der Waals surface area (Å²) in [5.74, 6) is 0.622. The van der Waals surface area contributed by atoms with Gasteiger partial charge in [0.25, 0.3) is 0 Å². The molecule has 2 aromatic rings. The zero-order chi connectivity index (χ0) is 13.5. The van der Waals surface area contributed by atoms with Gasteiger partial charge in [-0.3, -0.25) is 0 Å². The number of rotatable bonds is 8. The first-order chi connectivity index (χ1) is 9.31. The lowest BCUT2D eigenvalue weighted by molar-refractivity contribution is 0.477. The molecule has 0 aromatic carbocycles. The Hall–Kier alpha value is -1.40. The Morgan fingerprint density at radius 1 is 1.16 bits per heavy atom. The summed E-state index contributed by atoms with van der Waals surface area (Å²) in [6, 6.07) is 4.78. The fraction of sp³-hybridized carbons (Fsp3) is 0.538. The number of aryl methyl sites for hydroxylation is 1. The largest absolute Gasteiger partial charge is 0.407 e. The van der Waals surface area contributed by atoms with Crippen molar-refractivity contribution in [2.75, 3.05) is 11.9 Å². The van der Waals surface area contributed by atoms with Gasteiger partial charge in [-0.05, 0) is 31.5 Å². The van der Waals surface area contributed by atoms with Crippen molar-refractivity contribution < 1.29 is 4.42 Å². The summed E-state index contributed by atoms with van der Waals surface area (Å²) < 4.78 is 5.49. The summed E-state index contributed by atoms with van der Waals surface area (Å²) in [6.07, 6.45) is 2.18. The smallest absolute Gasteiger partial charge is 0.315 e. The van der Waals surface area contributed by atoms with Crippen molar-refractivity contribution >= 4 is 17.4 Å². The molecule has 104 valence electrons. The fourth-order valence-corrected chi connectivity index (χ4v) is 2.54. The molecule has 0 saturated heterocycles. The highest BCUT2D eigenvalue weighted by atomic mass is 32.1. The monoisotopic (exact) mass is 280 g/mol. The summed E-state index contributed by atoms with van der Waals surface area (Å²) >= 11 is 1.81. The van der Waals surface area contributed by atoms with E-state index in [1.165, 1.54) is 9.75 Å². The minimum Gasteiger partial charge on any atom is -0.407 e. The van der Waals surface area contributed by atoms with Gasteiger partial charge in [-0.2, -0.15) is 0 Å². The topological polar surface area (TPSA) is 63.0 Å². The maximum atomic E-state index is 5.49. The molecule has 0 aliphatic rings. The standard InChI is InChI=1S/C13H20N4OS/c1-3-7-14-9-12-16-17-13(18-12)15-8-11-6-5-10(4-2)19-11/h5-6,14H,3-4,7-9H2,1-2H3,(H,15,17). The van der Waals surface area contributed by atoms with E-state index >= 15 is 0 Å². The molecule has 0 aliphatic heterocycles.